The summed E-state index contributed by atoms with van der Waals surface area (Å²) < 4.78 is 0. The minimum Gasteiger partial charge on any atom is -0.392 e. The van der Waals surface area contributed by atoms with E-state index < -0.39 is 0 Å². The molecule has 0 spiro atoms. The summed E-state index contributed by atoms with van der Waals surface area (Å²) >= 11 is 5.04. The second-order valence-electron chi connectivity index (χ2n) is 4.93. The Morgan fingerprint density at radius 1 is 1.12 bits per heavy atom. The fourth-order valence-corrected chi connectivity index (χ4v) is 3.16. The van der Waals surface area contributed by atoms with Crippen LogP contribution in [0.25, 0.3) is 0 Å². The fraction of sp³-hybridized carbons (Fsp3) is 0.833. The SMILES string of the molecule is NC(=S)C1CCCN1C(=O)C1CCCCC1. The van der Waals surface area contributed by atoms with E-state index in [4.69, 9.17) is 18.0 Å². The molecule has 1 atom stereocenters. The molecule has 0 aromatic heterocycles. The van der Waals surface area contributed by atoms with Crippen LogP contribution in [0.2, 0.25) is 0 Å². The molecule has 4 heteroatoms. The van der Waals surface area contributed by atoms with Crippen LogP contribution in [0.5, 0.6) is 0 Å². The van der Waals surface area contributed by atoms with Crippen LogP contribution in [0.4, 0.5) is 0 Å². The maximum Gasteiger partial charge on any atom is 0.226 e. The first-order valence-electron chi connectivity index (χ1n) is 6.30. The smallest absolute Gasteiger partial charge is 0.226 e. The molecule has 2 N–H and O–H groups in total. The van der Waals surface area contributed by atoms with E-state index in [1.165, 1.54) is 19.3 Å². The first kappa shape index (κ1) is 11.8. The lowest BCUT2D eigenvalue weighted by Gasteiger charge is -2.30. The fourth-order valence-electron chi connectivity index (χ4n) is 2.91. The number of hydrogen-bond donors (Lipinski definition) is 1. The Bertz CT molecular complexity index is 287. The van der Waals surface area contributed by atoms with Gasteiger partial charge in [-0.3, -0.25) is 4.79 Å². The Kier molecular flexibility index (Phi) is 3.79. The average molecular weight is 240 g/mol. The van der Waals surface area contributed by atoms with Crippen molar-refractivity contribution in [3.8, 4) is 0 Å². The van der Waals surface area contributed by atoms with Crippen LogP contribution in [-0.4, -0.2) is 28.4 Å². The van der Waals surface area contributed by atoms with E-state index in [0.29, 0.717) is 10.9 Å². The lowest BCUT2D eigenvalue weighted by molar-refractivity contribution is -0.136. The van der Waals surface area contributed by atoms with Crippen LogP contribution in [0.3, 0.4) is 0 Å². The standard InChI is InChI=1S/C12H20N2OS/c13-11(16)10-7-4-8-14(10)12(15)9-5-2-1-3-6-9/h9-10H,1-8H2,(H2,13,16). The summed E-state index contributed by atoms with van der Waals surface area (Å²) in [6.07, 6.45) is 7.78. The molecule has 90 valence electrons. The third-order valence-electron chi connectivity index (χ3n) is 3.82. The third kappa shape index (κ3) is 2.37. The van der Waals surface area contributed by atoms with E-state index in [1.807, 2.05) is 4.90 Å². The first-order valence-corrected chi connectivity index (χ1v) is 6.71. The Morgan fingerprint density at radius 2 is 1.81 bits per heavy atom. The molecule has 1 aliphatic carbocycles. The number of carbonyl (C=O) groups excluding carboxylic acids is 1. The largest absolute Gasteiger partial charge is 0.392 e. The molecule has 1 heterocycles. The summed E-state index contributed by atoms with van der Waals surface area (Å²) in [4.78, 5) is 14.7. The highest BCUT2D eigenvalue weighted by molar-refractivity contribution is 7.80. The van der Waals surface area contributed by atoms with Crippen molar-refractivity contribution in [1.29, 1.82) is 0 Å². The second-order valence-corrected chi connectivity index (χ2v) is 5.40. The van der Waals surface area contributed by atoms with Crippen molar-refractivity contribution in [3.63, 3.8) is 0 Å². The summed E-state index contributed by atoms with van der Waals surface area (Å²) in [7, 11) is 0. The number of thiocarbonyl (C=S) groups is 1. The molecule has 1 unspecified atom stereocenters. The van der Waals surface area contributed by atoms with Crippen LogP contribution in [0, 0.1) is 5.92 Å². The van der Waals surface area contributed by atoms with Crippen molar-refractivity contribution in [3.05, 3.63) is 0 Å². The molecule has 0 bridgehead atoms. The van der Waals surface area contributed by atoms with Gasteiger partial charge in [0.2, 0.25) is 5.91 Å². The van der Waals surface area contributed by atoms with Gasteiger partial charge in [-0.05, 0) is 25.7 Å². The van der Waals surface area contributed by atoms with Gasteiger partial charge < -0.3 is 10.6 Å². The van der Waals surface area contributed by atoms with E-state index >= 15 is 0 Å². The molecule has 1 amide bonds. The summed E-state index contributed by atoms with van der Waals surface area (Å²) in [5, 5.41) is 0. The molecule has 3 nitrogen and oxygen atoms in total. The van der Waals surface area contributed by atoms with E-state index in [1.54, 1.807) is 0 Å². The Balaban J connectivity index is 1.99. The van der Waals surface area contributed by atoms with Crippen molar-refractivity contribution >= 4 is 23.1 Å². The van der Waals surface area contributed by atoms with Crippen LogP contribution in [-0.2, 0) is 4.79 Å². The molecule has 2 aliphatic rings. The predicted molar refractivity (Wildman–Crippen MR) is 68.1 cm³/mol. The van der Waals surface area contributed by atoms with Gasteiger partial charge in [0.15, 0.2) is 0 Å². The molecule has 0 aromatic rings. The maximum absolute atomic E-state index is 12.3. The first-order chi connectivity index (χ1) is 7.70. The predicted octanol–water partition coefficient (Wildman–Crippen LogP) is 1.84. The van der Waals surface area contributed by atoms with Gasteiger partial charge in [0.1, 0.15) is 0 Å². The lowest BCUT2D eigenvalue weighted by atomic mass is 9.88. The van der Waals surface area contributed by atoms with Gasteiger partial charge in [0.05, 0.1) is 11.0 Å². The normalized spacial score (nSPS) is 27.0. The number of amides is 1. The van der Waals surface area contributed by atoms with E-state index in [2.05, 4.69) is 0 Å². The van der Waals surface area contributed by atoms with Crippen molar-refractivity contribution in [2.75, 3.05) is 6.54 Å². The van der Waals surface area contributed by atoms with Crippen molar-refractivity contribution in [2.45, 2.75) is 51.0 Å². The third-order valence-corrected chi connectivity index (χ3v) is 4.09. The number of nitrogens with two attached hydrogens (primary N) is 1. The monoisotopic (exact) mass is 240 g/mol. The molecule has 16 heavy (non-hydrogen) atoms. The van der Waals surface area contributed by atoms with E-state index in [0.717, 1.165) is 32.2 Å². The van der Waals surface area contributed by atoms with Crippen molar-refractivity contribution in [2.24, 2.45) is 11.7 Å². The van der Waals surface area contributed by atoms with Crippen molar-refractivity contribution in [1.82, 2.24) is 4.90 Å². The highest BCUT2D eigenvalue weighted by Gasteiger charge is 2.34. The van der Waals surface area contributed by atoms with Crippen LogP contribution < -0.4 is 5.73 Å². The van der Waals surface area contributed by atoms with Crippen molar-refractivity contribution < 1.29 is 4.79 Å². The van der Waals surface area contributed by atoms with Crippen LogP contribution in [0.15, 0.2) is 0 Å². The summed E-state index contributed by atoms with van der Waals surface area (Å²) in [6, 6.07) is 0.0319. The van der Waals surface area contributed by atoms with E-state index in [-0.39, 0.29) is 12.0 Å². The zero-order chi connectivity index (χ0) is 11.5. The minimum absolute atomic E-state index is 0.0319. The van der Waals surface area contributed by atoms with Gasteiger partial charge in [-0.2, -0.15) is 0 Å². The highest BCUT2D eigenvalue weighted by atomic mass is 32.1. The Hall–Kier alpha value is -0.640. The topological polar surface area (TPSA) is 46.3 Å². The molecule has 0 radical (unpaired) electrons. The van der Waals surface area contributed by atoms with Gasteiger partial charge in [-0.15, -0.1) is 0 Å². The van der Waals surface area contributed by atoms with E-state index in [9.17, 15) is 4.79 Å². The number of rotatable bonds is 2. The minimum atomic E-state index is 0.0319. The highest BCUT2D eigenvalue weighted by Crippen LogP contribution is 2.28. The van der Waals surface area contributed by atoms with Crippen LogP contribution >= 0.6 is 12.2 Å². The summed E-state index contributed by atoms with van der Waals surface area (Å²) in [5.74, 6) is 0.540. The molecule has 2 fully saturated rings. The molecule has 1 saturated heterocycles. The molecule has 1 saturated carbocycles. The number of carbonyl (C=O) groups is 1. The Morgan fingerprint density at radius 3 is 2.44 bits per heavy atom. The number of hydrogen-bond acceptors (Lipinski definition) is 2. The molecular weight excluding hydrogens is 220 g/mol. The zero-order valence-corrected chi connectivity index (χ0v) is 10.5. The molecule has 2 rings (SSSR count). The molecular formula is C12H20N2OS. The van der Waals surface area contributed by atoms with Gasteiger partial charge >= 0.3 is 0 Å². The van der Waals surface area contributed by atoms with Gasteiger partial charge in [0, 0.05) is 12.5 Å². The molecule has 1 aliphatic heterocycles. The van der Waals surface area contributed by atoms with Gasteiger partial charge in [0.25, 0.3) is 0 Å². The quantitative estimate of drug-likeness (QED) is 0.749. The van der Waals surface area contributed by atoms with Gasteiger partial charge in [-0.1, -0.05) is 31.5 Å². The summed E-state index contributed by atoms with van der Waals surface area (Å²) in [5.41, 5.74) is 5.69. The van der Waals surface area contributed by atoms with Crippen LogP contribution in [0.1, 0.15) is 44.9 Å². The Labute approximate surface area is 102 Å². The zero-order valence-electron chi connectivity index (χ0n) is 9.65. The molecule has 0 aromatic carbocycles. The summed E-state index contributed by atoms with van der Waals surface area (Å²) in [6.45, 7) is 0.845. The lowest BCUT2D eigenvalue weighted by Crippen LogP contribution is -2.45. The second kappa shape index (κ2) is 5.13. The number of likely N-dealkylation sites (tertiary alicyclic amines) is 1. The van der Waals surface area contributed by atoms with Gasteiger partial charge in [-0.25, -0.2) is 0 Å². The number of nitrogens with zero attached hydrogens (tertiary/aromatic N) is 1. The maximum atomic E-state index is 12.3. The average Bonchev–Trinajstić information content (AvgIpc) is 2.78.